The van der Waals surface area contributed by atoms with E-state index in [1.165, 1.54) is 0 Å². The largest absolute Gasteiger partial charge is 0.350 e. The second-order valence-electron chi connectivity index (χ2n) is 6.42. The van der Waals surface area contributed by atoms with Crippen molar-refractivity contribution < 1.29 is 9.59 Å². The lowest BCUT2D eigenvalue weighted by atomic mass is 10.2. The van der Waals surface area contributed by atoms with Crippen molar-refractivity contribution in [3.63, 3.8) is 0 Å². The van der Waals surface area contributed by atoms with Gasteiger partial charge in [-0.2, -0.15) is 0 Å². The Labute approximate surface area is 156 Å². The number of benzene rings is 1. The zero-order valence-electron chi connectivity index (χ0n) is 14.2. The van der Waals surface area contributed by atoms with Crippen LogP contribution in [0.15, 0.2) is 18.2 Å². The molecule has 1 aliphatic rings. The number of carbonyl (C=O) groups is 2. The van der Waals surface area contributed by atoms with E-state index in [1.54, 1.807) is 28.0 Å². The molecule has 0 atom stereocenters. The van der Waals surface area contributed by atoms with Crippen LogP contribution in [-0.2, 0) is 4.79 Å². The molecule has 1 aliphatic heterocycles. The zero-order valence-corrected chi connectivity index (χ0v) is 15.7. The highest BCUT2D eigenvalue weighted by atomic mass is 35.5. The van der Waals surface area contributed by atoms with Gasteiger partial charge in [0.1, 0.15) is 5.69 Å². The van der Waals surface area contributed by atoms with E-state index in [0.29, 0.717) is 48.5 Å². The summed E-state index contributed by atoms with van der Waals surface area (Å²) in [5.74, 6) is -0.00719. The molecule has 0 radical (unpaired) electrons. The minimum absolute atomic E-state index is 0.0872. The smallest absolute Gasteiger partial charge is 0.270 e. The summed E-state index contributed by atoms with van der Waals surface area (Å²) in [5, 5.41) is 1.63. The van der Waals surface area contributed by atoms with Crippen molar-refractivity contribution in [3.8, 4) is 0 Å². The second-order valence-corrected chi connectivity index (χ2v) is 7.20. The molecule has 1 aromatic carbocycles. The zero-order chi connectivity index (χ0) is 18.1. The predicted molar refractivity (Wildman–Crippen MR) is 99.4 cm³/mol. The highest BCUT2D eigenvalue weighted by Gasteiger charge is 2.26. The summed E-state index contributed by atoms with van der Waals surface area (Å²) in [5.41, 5.74) is 1.25. The maximum absolute atomic E-state index is 12.7. The molecule has 1 aromatic heterocycles. The number of aromatic nitrogens is 1. The van der Waals surface area contributed by atoms with E-state index in [9.17, 15) is 9.59 Å². The lowest BCUT2D eigenvalue weighted by molar-refractivity contribution is -0.133. The molecule has 0 aliphatic carbocycles. The first-order valence-corrected chi connectivity index (χ1v) is 8.81. The quantitative estimate of drug-likeness (QED) is 0.885. The van der Waals surface area contributed by atoms with Crippen LogP contribution in [0, 0.1) is 0 Å². The number of rotatable bonds is 3. The van der Waals surface area contributed by atoms with Crippen molar-refractivity contribution in [2.75, 3.05) is 46.8 Å². The van der Waals surface area contributed by atoms with Crippen molar-refractivity contribution in [3.05, 3.63) is 33.9 Å². The van der Waals surface area contributed by atoms with E-state index in [0.717, 1.165) is 10.9 Å². The number of nitrogens with one attached hydrogen (secondary N) is 1. The number of fused-ring (bicyclic) bond motifs is 1. The Balaban J connectivity index is 1.69. The SMILES string of the molecule is CN(C)CC(=O)N1CCN(C(=O)c2cc3c(Cl)c(Cl)ccc3[nH]2)CC1. The summed E-state index contributed by atoms with van der Waals surface area (Å²) < 4.78 is 0. The topological polar surface area (TPSA) is 59.7 Å². The average molecular weight is 383 g/mol. The van der Waals surface area contributed by atoms with Crippen LogP contribution in [0.2, 0.25) is 10.0 Å². The third-order valence-electron chi connectivity index (χ3n) is 4.29. The number of piperazine rings is 1. The molecular weight excluding hydrogens is 363 g/mol. The second kappa shape index (κ2) is 7.23. The van der Waals surface area contributed by atoms with Gasteiger partial charge in [-0.25, -0.2) is 0 Å². The Hall–Kier alpha value is -1.76. The van der Waals surface area contributed by atoms with Crippen molar-refractivity contribution in [2.45, 2.75) is 0 Å². The standard InChI is InChI=1S/C17H20Cl2N4O2/c1-21(2)10-15(24)22-5-7-23(8-6-22)17(25)14-9-11-13(20-14)4-3-12(18)16(11)19/h3-4,9,20H,5-8,10H2,1-2H3. The summed E-state index contributed by atoms with van der Waals surface area (Å²) in [6.45, 7) is 2.51. The van der Waals surface area contributed by atoms with Gasteiger partial charge in [0, 0.05) is 37.1 Å². The fourth-order valence-electron chi connectivity index (χ4n) is 2.96. The highest BCUT2D eigenvalue weighted by Crippen LogP contribution is 2.31. The molecule has 8 heteroatoms. The monoisotopic (exact) mass is 382 g/mol. The van der Waals surface area contributed by atoms with Crippen molar-refractivity contribution >= 4 is 45.9 Å². The predicted octanol–water partition coefficient (Wildman–Crippen LogP) is 2.32. The number of likely N-dealkylation sites (N-methyl/N-ethyl adjacent to an activating group) is 1. The van der Waals surface area contributed by atoms with Crippen LogP contribution < -0.4 is 0 Å². The van der Waals surface area contributed by atoms with Gasteiger partial charge in [0.15, 0.2) is 0 Å². The van der Waals surface area contributed by atoms with Crippen molar-refractivity contribution in [1.29, 1.82) is 0 Å². The van der Waals surface area contributed by atoms with Gasteiger partial charge in [-0.3, -0.25) is 9.59 Å². The Morgan fingerprint density at radius 2 is 1.76 bits per heavy atom. The Kier molecular flexibility index (Phi) is 5.22. The number of hydrogen-bond acceptors (Lipinski definition) is 3. The molecule has 0 unspecified atom stereocenters. The summed E-state index contributed by atoms with van der Waals surface area (Å²) in [4.78, 5) is 33.3. The molecule has 2 amide bonds. The summed E-state index contributed by atoms with van der Waals surface area (Å²) in [7, 11) is 3.73. The molecule has 3 rings (SSSR count). The molecule has 1 N–H and O–H groups in total. The lowest BCUT2D eigenvalue weighted by Crippen LogP contribution is -2.52. The molecule has 1 fully saturated rings. The third kappa shape index (κ3) is 3.76. The number of aromatic amines is 1. The Morgan fingerprint density at radius 1 is 1.12 bits per heavy atom. The number of amides is 2. The minimum atomic E-state index is -0.0944. The van der Waals surface area contributed by atoms with E-state index in [4.69, 9.17) is 23.2 Å². The van der Waals surface area contributed by atoms with Crippen molar-refractivity contribution in [1.82, 2.24) is 19.7 Å². The normalized spacial score (nSPS) is 15.2. The van der Waals surface area contributed by atoms with Gasteiger partial charge in [0.05, 0.1) is 16.6 Å². The molecule has 2 aromatic rings. The third-order valence-corrected chi connectivity index (χ3v) is 5.11. The van der Waals surface area contributed by atoms with Crippen molar-refractivity contribution in [2.24, 2.45) is 0 Å². The summed E-state index contributed by atoms with van der Waals surface area (Å²) in [6, 6.07) is 5.24. The molecule has 2 heterocycles. The fraction of sp³-hybridized carbons (Fsp3) is 0.412. The molecule has 0 bridgehead atoms. The molecule has 25 heavy (non-hydrogen) atoms. The number of H-pyrrole nitrogens is 1. The average Bonchev–Trinajstić information content (AvgIpc) is 3.02. The van der Waals surface area contributed by atoms with E-state index in [-0.39, 0.29) is 11.8 Å². The van der Waals surface area contributed by atoms with E-state index in [2.05, 4.69) is 4.98 Å². The molecule has 0 spiro atoms. The Morgan fingerprint density at radius 3 is 2.40 bits per heavy atom. The van der Waals surface area contributed by atoms with Crippen LogP contribution in [0.4, 0.5) is 0 Å². The van der Waals surface area contributed by atoms with Crippen LogP contribution in [-0.4, -0.2) is 78.3 Å². The van der Waals surface area contributed by atoms with Crippen LogP contribution in [0.1, 0.15) is 10.5 Å². The van der Waals surface area contributed by atoms with Gasteiger partial charge in [0.25, 0.3) is 5.91 Å². The number of carbonyl (C=O) groups excluding carboxylic acids is 2. The Bertz CT molecular complexity index is 810. The maximum atomic E-state index is 12.7. The first kappa shape index (κ1) is 18.0. The van der Waals surface area contributed by atoms with Crippen LogP contribution in [0.25, 0.3) is 10.9 Å². The summed E-state index contributed by atoms with van der Waals surface area (Å²) in [6.07, 6.45) is 0. The van der Waals surface area contributed by atoms with E-state index >= 15 is 0 Å². The lowest BCUT2D eigenvalue weighted by Gasteiger charge is -2.35. The molecule has 134 valence electrons. The molecular formula is C17H20Cl2N4O2. The van der Waals surface area contributed by atoms with Gasteiger partial charge >= 0.3 is 0 Å². The van der Waals surface area contributed by atoms with Gasteiger partial charge in [-0.15, -0.1) is 0 Å². The van der Waals surface area contributed by atoms with Gasteiger partial charge in [0.2, 0.25) is 5.91 Å². The minimum Gasteiger partial charge on any atom is -0.350 e. The molecule has 6 nitrogen and oxygen atoms in total. The fourth-order valence-corrected chi connectivity index (χ4v) is 3.34. The highest BCUT2D eigenvalue weighted by molar-refractivity contribution is 6.45. The van der Waals surface area contributed by atoms with E-state index in [1.807, 2.05) is 19.0 Å². The summed E-state index contributed by atoms with van der Waals surface area (Å²) >= 11 is 12.2. The van der Waals surface area contributed by atoms with Gasteiger partial charge < -0.3 is 19.7 Å². The first-order valence-electron chi connectivity index (χ1n) is 8.05. The van der Waals surface area contributed by atoms with E-state index < -0.39 is 0 Å². The molecule has 0 saturated carbocycles. The maximum Gasteiger partial charge on any atom is 0.270 e. The molecule has 1 saturated heterocycles. The number of nitrogens with zero attached hydrogens (tertiary/aromatic N) is 3. The number of hydrogen-bond donors (Lipinski definition) is 1. The van der Waals surface area contributed by atoms with Gasteiger partial charge in [-0.1, -0.05) is 23.2 Å². The van der Waals surface area contributed by atoms with Crippen LogP contribution >= 0.6 is 23.2 Å². The van der Waals surface area contributed by atoms with Crippen LogP contribution in [0.5, 0.6) is 0 Å². The van der Waals surface area contributed by atoms with Crippen LogP contribution in [0.3, 0.4) is 0 Å². The number of halogens is 2. The van der Waals surface area contributed by atoms with Gasteiger partial charge in [-0.05, 0) is 32.3 Å². The first-order chi connectivity index (χ1) is 11.9.